The average molecular weight is 629 g/mol. The molecule has 1 unspecified atom stereocenters. The number of aromatic nitrogens is 1. The van der Waals surface area contributed by atoms with Gasteiger partial charge in [-0.1, -0.05) is 0 Å². The van der Waals surface area contributed by atoms with E-state index in [2.05, 4.69) is 5.32 Å². The van der Waals surface area contributed by atoms with Crippen LogP contribution >= 0.6 is 11.3 Å². The number of methoxy groups -OCH3 is 1. The summed E-state index contributed by atoms with van der Waals surface area (Å²) in [6.07, 6.45) is 2.66. The molecule has 0 saturated carbocycles. The van der Waals surface area contributed by atoms with Crippen LogP contribution in [0.3, 0.4) is 0 Å². The van der Waals surface area contributed by atoms with E-state index in [0.717, 1.165) is 41.3 Å². The summed E-state index contributed by atoms with van der Waals surface area (Å²) in [5.41, 5.74) is -1.39. The fraction of sp³-hybridized carbons (Fsp3) is 0.344. The second kappa shape index (κ2) is 12.0. The number of pyridine rings is 1. The molecule has 0 bridgehead atoms. The van der Waals surface area contributed by atoms with Crippen molar-refractivity contribution in [2.45, 2.75) is 58.6 Å². The largest absolute Gasteiger partial charge is 0.494 e. The maximum absolute atomic E-state index is 16.1. The lowest BCUT2D eigenvalue weighted by molar-refractivity contribution is 0.0495. The van der Waals surface area contributed by atoms with E-state index in [4.69, 9.17) is 14.2 Å². The first kappa shape index (κ1) is 31.1. The Balaban J connectivity index is 1.73. The second-order valence-corrected chi connectivity index (χ2v) is 12.4. The van der Waals surface area contributed by atoms with E-state index >= 15 is 8.78 Å². The monoisotopic (exact) mass is 628 g/mol. The maximum atomic E-state index is 16.1. The standard InChI is InChI=1S/C32H31F3N2O6S/c1-6-42-30(39)19-15-37(23-11-10-16(33)12-20(23)34)27-18(28(19)38)13-21(35)26(29(27)41-5)25-14-17-22(8-7-9-24(17)44-25)36-31(40)43-32(2,3)4/h10-15,22H,6-9H2,1-5H3,(H,36,40). The molecule has 4 aromatic rings. The summed E-state index contributed by atoms with van der Waals surface area (Å²) in [5, 5.41) is 2.64. The number of carbonyl (C=O) groups excluding carboxylic acids is 2. The number of hydrogen-bond acceptors (Lipinski definition) is 7. The van der Waals surface area contributed by atoms with Gasteiger partial charge in [0.1, 0.15) is 34.1 Å². The van der Waals surface area contributed by atoms with Crippen molar-refractivity contribution in [2.75, 3.05) is 13.7 Å². The van der Waals surface area contributed by atoms with E-state index in [1.165, 1.54) is 23.0 Å². The molecule has 0 saturated heterocycles. The number of halogens is 3. The summed E-state index contributed by atoms with van der Waals surface area (Å²) in [7, 11) is 1.28. The average Bonchev–Trinajstić information content (AvgIpc) is 3.37. The maximum Gasteiger partial charge on any atom is 0.408 e. The number of esters is 1. The van der Waals surface area contributed by atoms with Gasteiger partial charge in [-0.05, 0) is 76.8 Å². The molecular formula is C32H31F3N2O6S. The summed E-state index contributed by atoms with van der Waals surface area (Å²) in [6, 6.07) is 5.20. The van der Waals surface area contributed by atoms with Gasteiger partial charge in [0, 0.05) is 22.0 Å². The molecular weight excluding hydrogens is 597 g/mol. The summed E-state index contributed by atoms with van der Waals surface area (Å²) in [6.45, 7) is 6.82. The summed E-state index contributed by atoms with van der Waals surface area (Å²) >= 11 is 1.31. The Bertz CT molecular complexity index is 1840. The van der Waals surface area contributed by atoms with Crippen LogP contribution in [0.5, 0.6) is 5.75 Å². The number of fused-ring (bicyclic) bond motifs is 2. The van der Waals surface area contributed by atoms with E-state index in [1.807, 2.05) is 0 Å². The smallest absolute Gasteiger partial charge is 0.408 e. The molecule has 1 N–H and O–H groups in total. The molecule has 1 amide bonds. The molecule has 2 aromatic carbocycles. The Morgan fingerprint density at radius 3 is 2.52 bits per heavy atom. The summed E-state index contributed by atoms with van der Waals surface area (Å²) < 4.78 is 62.4. The second-order valence-electron chi connectivity index (χ2n) is 11.3. The SMILES string of the molecule is CCOC(=O)c1cn(-c2ccc(F)cc2F)c2c(OC)c(-c3cc4c(s3)CCCC4NC(=O)OC(C)(C)C)c(F)cc2c1=O. The molecule has 12 heteroatoms. The third kappa shape index (κ3) is 5.90. The minimum absolute atomic E-state index is 0.00923. The molecule has 0 spiro atoms. The van der Waals surface area contributed by atoms with Gasteiger partial charge in [-0.15, -0.1) is 11.3 Å². The van der Waals surface area contributed by atoms with Crippen molar-refractivity contribution in [1.82, 2.24) is 9.88 Å². The van der Waals surface area contributed by atoms with Crippen molar-refractivity contribution in [2.24, 2.45) is 0 Å². The van der Waals surface area contributed by atoms with Crippen molar-refractivity contribution in [1.29, 1.82) is 0 Å². The van der Waals surface area contributed by atoms with Crippen LogP contribution < -0.4 is 15.5 Å². The Hall–Kier alpha value is -4.32. The molecule has 1 aliphatic carbocycles. The quantitative estimate of drug-likeness (QED) is 0.227. The first-order valence-corrected chi connectivity index (χ1v) is 14.9. The molecule has 1 aliphatic rings. The van der Waals surface area contributed by atoms with E-state index in [-0.39, 0.29) is 40.6 Å². The normalized spacial score (nSPS) is 14.7. The highest BCUT2D eigenvalue weighted by atomic mass is 32.1. The van der Waals surface area contributed by atoms with Gasteiger partial charge in [0.2, 0.25) is 5.43 Å². The first-order valence-electron chi connectivity index (χ1n) is 14.0. The van der Waals surface area contributed by atoms with Gasteiger partial charge in [0.05, 0.1) is 36.4 Å². The van der Waals surface area contributed by atoms with E-state index < -0.39 is 46.1 Å². The number of amides is 1. The number of benzene rings is 2. The summed E-state index contributed by atoms with van der Waals surface area (Å²) in [4.78, 5) is 40.2. The molecule has 8 nitrogen and oxygen atoms in total. The van der Waals surface area contributed by atoms with Crippen LogP contribution in [0.2, 0.25) is 0 Å². The third-order valence-electron chi connectivity index (χ3n) is 7.12. The fourth-order valence-electron chi connectivity index (χ4n) is 5.35. The topological polar surface area (TPSA) is 95.9 Å². The highest BCUT2D eigenvalue weighted by Gasteiger charge is 2.30. The van der Waals surface area contributed by atoms with E-state index in [1.54, 1.807) is 33.8 Å². The zero-order chi connectivity index (χ0) is 31.9. The number of thiophene rings is 1. The van der Waals surface area contributed by atoms with Gasteiger partial charge >= 0.3 is 12.1 Å². The third-order valence-corrected chi connectivity index (χ3v) is 8.34. The van der Waals surface area contributed by atoms with Crippen LogP contribution in [0.15, 0.2) is 41.3 Å². The number of nitrogens with one attached hydrogen (secondary N) is 1. The number of nitrogens with zero attached hydrogens (tertiary/aromatic N) is 1. The van der Waals surface area contributed by atoms with Gasteiger partial charge in [0.15, 0.2) is 5.75 Å². The summed E-state index contributed by atoms with van der Waals surface area (Å²) in [5.74, 6) is -3.70. The molecule has 5 rings (SSSR count). The van der Waals surface area contributed by atoms with Gasteiger partial charge in [-0.2, -0.15) is 0 Å². The first-order chi connectivity index (χ1) is 20.8. The zero-order valence-electron chi connectivity index (χ0n) is 24.8. The number of carbonyl (C=O) groups is 2. The van der Waals surface area contributed by atoms with Crippen molar-refractivity contribution in [3.8, 4) is 21.9 Å². The van der Waals surface area contributed by atoms with Crippen molar-refractivity contribution >= 4 is 34.3 Å². The molecule has 0 radical (unpaired) electrons. The molecule has 44 heavy (non-hydrogen) atoms. The van der Waals surface area contributed by atoms with Gasteiger partial charge in [-0.3, -0.25) is 4.79 Å². The molecule has 0 aliphatic heterocycles. The van der Waals surface area contributed by atoms with Gasteiger partial charge in [0.25, 0.3) is 0 Å². The van der Waals surface area contributed by atoms with Gasteiger partial charge < -0.3 is 24.1 Å². The Morgan fingerprint density at radius 1 is 1.11 bits per heavy atom. The Kier molecular flexibility index (Phi) is 8.48. The number of alkyl carbamates (subject to hydrolysis) is 1. The zero-order valence-corrected chi connectivity index (χ0v) is 25.6. The fourth-order valence-corrected chi connectivity index (χ4v) is 6.66. The Morgan fingerprint density at radius 2 is 1.86 bits per heavy atom. The minimum Gasteiger partial charge on any atom is -0.494 e. The number of rotatable bonds is 6. The van der Waals surface area contributed by atoms with Crippen LogP contribution in [0, 0.1) is 17.5 Å². The molecule has 2 aromatic heterocycles. The molecule has 232 valence electrons. The predicted molar refractivity (Wildman–Crippen MR) is 160 cm³/mol. The van der Waals surface area contributed by atoms with Crippen LogP contribution in [-0.2, 0) is 15.9 Å². The lowest BCUT2D eigenvalue weighted by atomic mass is 9.93. The van der Waals surface area contributed by atoms with Crippen molar-refractivity contribution in [3.63, 3.8) is 0 Å². The number of ether oxygens (including phenoxy) is 3. The minimum atomic E-state index is -0.986. The molecule has 0 fully saturated rings. The van der Waals surface area contributed by atoms with Crippen molar-refractivity contribution in [3.05, 3.63) is 80.2 Å². The van der Waals surface area contributed by atoms with Gasteiger partial charge in [-0.25, -0.2) is 22.8 Å². The number of aryl methyl sites for hydroxylation is 1. The van der Waals surface area contributed by atoms with E-state index in [0.29, 0.717) is 23.8 Å². The molecule has 1 atom stereocenters. The lowest BCUT2D eigenvalue weighted by Crippen LogP contribution is -2.35. The molecule has 2 heterocycles. The van der Waals surface area contributed by atoms with Crippen LogP contribution in [0.4, 0.5) is 18.0 Å². The van der Waals surface area contributed by atoms with E-state index in [9.17, 15) is 18.8 Å². The predicted octanol–water partition coefficient (Wildman–Crippen LogP) is 7.22. The number of hydrogen-bond donors (Lipinski definition) is 1. The lowest BCUT2D eigenvalue weighted by Gasteiger charge is -2.26. The van der Waals surface area contributed by atoms with Crippen molar-refractivity contribution < 1.29 is 37.0 Å². The van der Waals surface area contributed by atoms with Crippen LogP contribution in [0.25, 0.3) is 27.0 Å². The highest BCUT2D eigenvalue weighted by Crippen LogP contribution is 2.46. The van der Waals surface area contributed by atoms with Crippen LogP contribution in [0.1, 0.15) is 67.4 Å². The Labute approximate surface area is 255 Å². The van der Waals surface area contributed by atoms with Crippen LogP contribution in [-0.4, -0.2) is 35.9 Å². The highest BCUT2D eigenvalue weighted by molar-refractivity contribution is 7.15.